The molecule has 0 unspecified atom stereocenters. The Kier molecular flexibility index (Phi) is 5.87. The Hall–Kier alpha value is -2.47. The lowest BCUT2D eigenvalue weighted by molar-refractivity contribution is 0.145. The van der Waals surface area contributed by atoms with Crippen molar-refractivity contribution in [2.75, 3.05) is 20.3 Å². The molecular weight excluding hydrogens is 316 g/mol. The van der Waals surface area contributed by atoms with Crippen LogP contribution in [0.15, 0.2) is 37.2 Å². The minimum Gasteiger partial charge on any atom is -0.493 e. The van der Waals surface area contributed by atoms with Crippen molar-refractivity contribution in [1.82, 2.24) is 4.98 Å². The Bertz CT molecular complexity index is 732. The van der Waals surface area contributed by atoms with Gasteiger partial charge in [0.15, 0.2) is 11.5 Å². The van der Waals surface area contributed by atoms with Gasteiger partial charge in [-0.3, -0.25) is 4.98 Å². The summed E-state index contributed by atoms with van der Waals surface area (Å²) in [7, 11) is 1.40. The summed E-state index contributed by atoms with van der Waals surface area (Å²) in [6.07, 6.45) is 0.260. The topological polar surface area (TPSA) is 51.6 Å². The summed E-state index contributed by atoms with van der Waals surface area (Å²) < 4.78 is 38.0. The Labute approximate surface area is 139 Å². The second-order valence-electron chi connectivity index (χ2n) is 5.02. The first kappa shape index (κ1) is 17.9. The molecular formula is C18H19F2NO3. The Morgan fingerprint density at radius 3 is 2.67 bits per heavy atom. The van der Waals surface area contributed by atoms with Gasteiger partial charge in [-0.2, -0.15) is 0 Å². The maximum atomic E-state index is 13.7. The maximum absolute atomic E-state index is 13.7. The summed E-state index contributed by atoms with van der Waals surface area (Å²) in [4.78, 5) is 4.06. The zero-order valence-electron chi connectivity index (χ0n) is 13.6. The maximum Gasteiger partial charge on any atom is 0.268 e. The average Bonchev–Trinajstić information content (AvgIpc) is 2.60. The van der Waals surface area contributed by atoms with Crippen LogP contribution in [0.2, 0.25) is 0 Å². The summed E-state index contributed by atoms with van der Waals surface area (Å²) in [6, 6.07) is 4.79. The lowest BCUT2D eigenvalue weighted by atomic mass is 9.97. The number of nitrogens with zero attached hydrogens (tertiary/aromatic N) is 1. The first-order valence-corrected chi connectivity index (χ1v) is 7.39. The van der Waals surface area contributed by atoms with E-state index in [1.54, 1.807) is 25.1 Å². The Morgan fingerprint density at radius 2 is 2.08 bits per heavy atom. The molecule has 6 heteroatoms. The molecule has 2 rings (SSSR count). The van der Waals surface area contributed by atoms with Crippen molar-refractivity contribution in [1.29, 1.82) is 0 Å². The molecule has 0 fully saturated rings. The number of pyridine rings is 1. The van der Waals surface area contributed by atoms with Crippen molar-refractivity contribution in [2.24, 2.45) is 0 Å². The number of hydrogen-bond donors (Lipinski definition) is 1. The number of rotatable bonds is 7. The minimum atomic E-state index is -2.75. The first-order chi connectivity index (χ1) is 11.5. The van der Waals surface area contributed by atoms with Crippen LogP contribution >= 0.6 is 0 Å². The van der Waals surface area contributed by atoms with Gasteiger partial charge in [0, 0.05) is 18.0 Å². The van der Waals surface area contributed by atoms with Crippen LogP contribution in [0.25, 0.3) is 16.7 Å². The zero-order valence-corrected chi connectivity index (χ0v) is 13.6. The van der Waals surface area contributed by atoms with Crippen LogP contribution in [0.1, 0.15) is 24.5 Å². The molecule has 0 saturated heterocycles. The van der Waals surface area contributed by atoms with Crippen molar-refractivity contribution in [3.05, 3.63) is 48.3 Å². The second kappa shape index (κ2) is 7.88. The number of aromatic nitrogens is 1. The van der Waals surface area contributed by atoms with Gasteiger partial charge in [-0.25, -0.2) is 8.78 Å². The van der Waals surface area contributed by atoms with Crippen molar-refractivity contribution >= 4 is 5.57 Å². The number of aliphatic hydroxyl groups excluding tert-OH is 1. The molecule has 0 spiro atoms. The van der Waals surface area contributed by atoms with Gasteiger partial charge in [0.2, 0.25) is 0 Å². The third kappa shape index (κ3) is 3.54. The van der Waals surface area contributed by atoms with Crippen LogP contribution in [-0.4, -0.2) is 30.4 Å². The standard InChI is InChI=1S/C18H19F2NO3/c1-4-24-17-15(23-3)6-5-14(16(17)18(19)20)13-7-12(8-21-9-13)11(2)10-22/h5-9,18,22H,2,4,10H2,1,3H3. The third-order valence-corrected chi connectivity index (χ3v) is 3.54. The first-order valence-electron chi connectivity index (χ1n) is 7.39. The fourth-order valence-corrected chi connectivity index (χ4v) is 2.37. The number of halogens is 2. The van der Waals surface area contributed by atoms with E-state index >= 15 is 0 Å². The van der Waals surface area contributed by atoms with E-state index < -0.39 is 6.43 Å². The lowest BCUT2D eigenvalue weighted by Crippen LogP contribution is -2.03. The molecule has 2 aromatic rings. The van der Waals surface area contributed by atoms with Gasteiger partial charge in [-0.15, -0.1) is 0 Å². The largest absolute Gasteiger partial charge is 0.493 e. The summed E-state index contributed by atoms with van der Waals surface area (Å²) in [6.45, 7) is 5.44. The fraction of sp³-hybridized carbons (Fsp3) is 0.278. The molecule has 1 heterocycles. The molecule has 0 aliphatic carbocycles. The summed E-state index contributed by atoms with van der Waals surface area (Å²) in [5.41, 5.74) is 1.59. The van der Waals surface area contributed by atoms with Crippen LogP contribution in [0.4, 0.5) is 8.78 Å². The SMILES string of the molecule is C=C(CO)c1cncc(-c2ccc(OC)c(OCC)c2C(F)F)c1. The van der Waals surface area contributed by atoms with Crippen molar-refractivity contribution in [3.8, 4) is 22.6 Å². The van der Waals surface area contributed by atoms with E-state index in [1.807, 2.05) is 0 Å². The number of hydrogen-bond acceptors (Lipinski definition) is 4. The highest BCUT2D eigenvalue weighted by atomic mass is 19.3. The zero-order chi connectivity index (χ0) is 17.7. The van der Waals surface area contributed by atoms with Crippen molar-refractivity contribution in [3.63, 3.8) is 0 Å². The van der Waals surface area contributed by atoms with Crippen molar-refractivity contribution in [2.45, 2.75) is 13.3 Å². The highest BCUT2D eigenvalue weighted by molar-refractivity contribution is 5.76. The van der Waals surface area contributed by atoms with Gasteiger partial charge in [0.1, 0.15) is 0 Å². The molecule has 0 bridgehead atoms. The minimum absolute atomic E-state index is 0.0267. The van der Waals surface area contributed by atoms with Gasteiger partial charge in [0.05, 0.1) is 25.9 Å². The number of alkyl halides is 2. The molecule has 1 aromatic heterocycles. The van der Waals surface area contributed by atoms with Crippen LogP contribution < -0.4 is 9.47 Å². The molecule has 24 heavy (non-hydrogen) atoms. The quantitative estimate of drug-likeness (QED) is 0.828. The van der Waals surface area contributed by atoms with E-state index in [1.165, 1.54) is 19.5 Å². The molecule has 0 radical (unpaired) electrons. The van der Waals surface area contributed by atoms with E-state index in [0.717, 1.165) is 0 Å². The Balaban J connectivity index is 2.66. The number of ether oxygens (including phenoxy) is 2. The summed E-state index contributed by atoms with van der Waals surface area (Å²) in [5.74, 6) is 0.277. The lowest BCUT2D eigenvalue weighted by Gasteiger charge is -2.18. The molecule has 0 saturated carbocycles. The normalized spacial score (nSPS) is 10.8. The van der Waals surface area contributed by atoms with Crippen LogP contribution in [-0.2, 0) is 0 Å². The van der Waals surface area contributed by atoms with Gasteiger partial charge in [-0.05, 0) is 41.8 Å². The molecule has 4 nitrogen and oxygen atoms in total. The fourth-order valence-electron chi connectivity index (χ4n) is 2.37. The van der Waals surface area contributed by atoms with Crippen LogP contribution in [0.5, 0.6) is 11.5 Å². The highest BCUT2D eigenvalue weighted by Gasteiger charge is 2.24. The van der Waals surface area contributed by atoms with Gasteiger partial charge in [0.25, 0.3) is 6.43 Å². The van der Waals surface area contributed by atoms with E-state index in [0.29, 0.717) is 22.3 Å². The number of aliphatic hydroxyl groups is 1. The van der Waals surface area contributed by atoms with Crippen LogP contribution in [0.3, 0.4) is 0 Å². The van der Waals surface area contributed by atoms with Crippen LogP contribution in [0, 0.1) is 0 Å². The number of benzene rings is 1. The molecule has 0 amide bonds. The monoisotopic (exact) mass is 335 g/mol. The molecule has 0 aliphatic heterocycles. The van der Waals surface area contributed by atoms with E-state index in [2.05, 4.69) is 11.6 Å². The smallest absolute Gasteiger partial charge is 0.268 e. The number of methoxy groups -OCH3 is 1. The third-order valence-electron chi connectivity index (χ3n) is 3.54. The summed E-state index contributed by atoms with van der Waals surface area (Å²) in [5, 5.41) is 9.19. The summed E-state index contributed by atoms with van der Waals surface area (Å²) >= 11 is 0. The average molecular weight is 335 g/mol. The van der Waals surface area contributed by atoms with Gasteiger partial charge < -0.3 is 14.6 Å². The highest BCUT2D eigenvalue weighted by Crippen LogP contribution is 2.43. The van der Waals surface area contributed by atoms with Gasteiger partial charge in [-0.1, -0.05) is 6.58 Å². The Morgan fingerprint density at radius 1 is 1.33 bits per heavy atom. The van der Waals surface area contributed by atoms with E-state index in [-0.39, 0.29) is 30.3 Å². The van der Waals surface area contributed by atoms with E-state index in [9.17, 15) is 13.9 Å². The van der Waals surface area contributed by atoms with Gasteiger partial charge >= 0.3 is 0 Å². The predicted octanol–water partition coefficient (Wildman–Crippen LogP) is 4.10. The molecule has 1 N–H and O–H groups in total. The van der Waals surface area contributed by atoms with E-state index in [4.69, 9.17) is 9.47 Å². The predicted molar refractivity (Wildman–Crippen MR) is 88.5 cm³/mol. The molecule has 0 aliphatic rings. The second-order valence-corrected chi connectivity index (χ2v) is 5.02. The molecule has 128 valence electrons. The molecule has 0 atom stereocenters. The van der Waals surface area contributed by atoms with Crippen molar-refractivity contribution < 1.29 is 23.4 Å². The molecule has 1 aromatic carbocycles.